The summed E-state index contributed by atoms with van der Waals surface area (Å²) in [5.41, 5.74) is 4.43. The summed E-state index contributed by atoms with van der Waals surface area (Å²) in [6.07, 6.45) is 5.01. The lowest BCUT2D eigenvalue weighted by Gasteiger charge is -2.30. The van der Waals surface area contributed by atoms with Gasteiger partial charge in [0.15, 0.2) is 0 Å². The number of anilines is 1. The number of aryl methyl sites for hydroxylation is 1. The number of carbonyl (C=O) groups excluding carboxylic acids is 1. The Hall–Kier alpha value is -2.54. The number of hydrogen-bond acceptors (Lipinski definition) is 6. The molecule has 0 aromatic carbocycles. The van der Waals surface area contributed by atoms with Gasteiger partial charge in [0.05, 0.1) is 18.7 Å². The monoisotopic (exact) mass is 341 g/mol. The van der Waals surface area contributed by atoms with E-state index in [0.29, 0.717) is 26.1 Å². The molecule has 3 heterocycles. The van der Waals surface area contributed by atoms with Crippen LogP contribution in [-0.2, 0) is 29.0 Å². The SMILES string of the molecule is COCCC(=O)N1CCc2c(CNc3ccc(C)nn3)cncc2C1. The average Bonchev–Trinajstić information content (AvgIpc) is 2.65. The predicted molar refractivity (Wildman–Crippen MR) is 93.9 cm³/mol. The minimum absolute atomic E-state index is 0.131. The summed E-state index contributed by atoms with van der Waals surface area (Å²) in [6, 6.07) is 3.85. The quantitative estimate of drug-likeness (QED) is 0.862. The molecule has 0 fully saturated rings. The highest BCUT2D eigenvalue weighted by Gasteiger charge is 2.22. The van der Waals surface area contributed by atoms with Gasteiger partial charge in [-0.1, -0.05) is 0 Å². The molecule has 0 saturated carbocycles. The van der Waals surface area contributed by atoms with Crippen molar-refractivity contribution in [2.24, 2.45) is 0 Å². The fourth-order valence-corrected chi connectivity index (χ4v) is 2.96. The molecule has 2 aromatic heterocycles. The molecule has 0 aliphatic carbocycles. The van der Waals surface area contributed by atoms with Crippen LogP contribution in [0.5, 0.6) is 0 Å². The van der Waals surface area contributed by atoms with Gasteiger partial charge in [0.2, 0.25) is 5.91 Å². The molecule has 0 unspecified atom stereocenters. The van der Waals surface area contributed by atoms with Crippen LogP contribution in [0.2, 0.25) is 0 Å². The Morgan fingerprint density at radius 2 is 2.20 bits per heavy atom. The van der Waals surface area contributed by atoms with Crippen LogP contribution in [0.3, 0.4) is 0 Å². The van der Waals surface area contributed by atoms with Crippen molar-refractivity contribution in [3.8, 4) is 0 Å². The Bertz CT molecular complexity index is 733. The van der Waals surface area contributed by atoms with Crippen LogP contribution in [-0.4, -0.2) is 46.2 Å². The molecule has 3 rings (SSSR count). The van der Waals surface area contributed by atoms with E-state index in [2.05, 4.69) is 20.5 Å². The number of nitrogens with one attached hydrogen (secondary N) is 1. The molecule has 7 heteroatoms. The number of amides is 1. The Labute approximate surface area is 147 Å². The van der Waals surface area contributed by atoms with Gasteiger partial charge in [-0.15, -0.1) is 5.10 Å². The lowest BCUT2D eigenvalue weighted by molar-refractivity contribution is -0.133. The van der Waals surface area contributed by atoms with Gasteiger partial charge >= 0.3 is 0 Å². The summed E-state index contributed by atoms with van der Waals surface area (Å²) < 4.78 is 4.99. The van der Waals surface area contributed by atoms with E-state index in [1.807, 2.05) is 36.4 Å². The fraction of sp³-hybridized carbons (Fsp3) is 0.444. The van der Waals surface area contributed by atoms with Gasteiger partial charge in [0.1, 0.15) is 5.82 Å². The number of pyridine rings is 1. The summed E-state index contributed by atoms with van der Waals surface area (Å²) in [7, 11) is 1.61. The highest BCUT2D eigenvalue weighted by molar-refractivity contribution is 5.76. The molecule has 25 heavy (non-hydrogen) atoms. The first-order chi connectivity index (χ1) is 12.2. The molecular weight excluding hydrogens is 318 g/mol. The van der Waals surface area contributed by atoms with Crippen molar-refractivity contribution in [3.05, 3.63) is 46.9 Å². The Balaban J connectivity index is 1.66. The average molecular weight is 341 g/mol. The van der Waals surface area contributed by atoms with Gasteiger partial charge in [-0.2, -0.15) is 5.10 Å². The van der Waals surface area contributed by atoms with Crippen molar-refractivity contribution in [1.82, 2.24) is 20.1 Å². The summed E-state index contributed by atoms with van der Waals surface area (Å²) in [5, 5.41) is 11.5. The third kappa shape index (κ3) is 4.30. The fourth-order valence-electron chi connectivity index (χ4n) is 2.96. The van der Waals surface area contributed by atoms with Crippen LogP contribution in [0.1, 0.15) is 28.8 Å². The summed E-state index contributed by atoms with van der Waals surface area (Å²) in [5.74, 6) is 0.876. The maximum absolute atomic E-state index is 12.2. The van der Waals surface area contributed by atoms with Crippen LogP contribution in [0.15, 0.2) is 24.5 Å². The van der Waals surface area contributed by atoms with E-state index in [0.717, 1.165) is 35.6 Å². The zero-order valence-corrected chi connectivity index (χ0v) is 14.7. The highest BCUT2D eigenvalue weighted by Crippen LogP contribution is 2.22. The standard InChI is InChI=1S/C18H23N5O2/c1-13-3-4-17(22-21-13)20-11-14-9-19-10-15-12-23(7-5-16(14)15)18(24)6-8-25-2/h3-4,9-10H,5-8,11-12H2,1-2H3,(H,20,22). The first-order valence-electron chi connectivity index (χ1n) is 8.43. The van der Waals surface area contributed by atoms with Crippen LogP contribution in [0.25, 0.3) is 0 Å². The predicted octanol–water partition coefficient (Wildman–Crippen LogP) is 1.71. The third-order valence-electron chi connectivity index (χ3n) is 4.36. The second-order valence-electron chi connectivity index (χ2n) is 6.16. The van der Waals surface area contributed by atoms with Crippen molar-refractivity contribution in [2.75, 3.05) is 25.6 Å². The van der Waals surface area contributed by atoms with Gasteiger partial charge in [0.25, 0.3) is 0 Å². The van der Waals surface area contributed by atoms with E-state index >= 15 is 0 Å². The van der Waals surface area contributed by atoms with E-state index in [1.165, 1.54) is 5.56 Å². The molecule has 2 aromatic rings. The topological polar surface area (TPSA) is 80.2 Å². The molecular formula is C18H23N5O2. The minimum Gasteiger partial charge on any atom is -0.384 e. The van der Waals surface area contributed by atoms with E-state index in [-0.39, 0.29) is 5.91 Å². The number of carbonyl (C=O) groups is 1. The number of nitrogens with zero attached hydrogens (tertiary/aromatic N) is 4. The summed E-state index contributed by atoms with van der Waals surface area (Å²) in [4.78, 5) is 18.4. The van der Waals surface area contributed by atoms with Gasteiger partial charge < -0.3 is 15.0 Å². The smallest absolute Gasteiger partial charge is 0.225 e. The Morgan fingerprint density at radius 3 is 2.96 bits per heavy atom. The molecule has 1 amide bonds. The molecule has 1 aliphatic heterocycles. The van der Waals surface area contributed by atoms with Crippen LogP contribution >= 0.6 is 0 Å². The maximum atomic E-state index is 12.2. The van der Waals surface area contributed by atoms with Crippen LogP contribution in [0.4, 0.5) is 5.82 Å². The number of methoxy groups -OCH3 is 1. The molecule has 7 nitrogen and oxygen atoms in total. The first-order valence-corrected chi connectivity index (χ1v) is 8.43. The number of rotatable bonds is 6. The molecule has 132 valence electrons. The number of hydrogen-bond donors (Lipinski definition) is 1. The molecule has 1 N–H and O–H groups in total. The van der Waals surface area contributed by atoms with Crippen molar-refractivity contribution in [3.63, 3.8) is 0 Å². The van der Waals surface area contributed by atoms with Crippen molar-refractivity contribution in [1.29, 1.82) is 0 Å². The van der Waals surface area contributed by atoms with Gasteiger partial charge in [0, 0.05) is 39.1 Å². The lowest BCUT2D eigenvalue weighted by Crippen LogP contribution is -2.37. The second-order valence-corrected chi connectivity index (χ2v) is 6.16. The van der Waals surface area contributed by atoms with Gasteiger partial charge in [-0.05, 0) is 42.2 Å². The molecule has 1 aliphatic rings. The van der Waals surface area contributed by atoms with E-state index in [9.17, 15) is 4.79 Å². The highest BCUT2D eigenvalue weighted by atomic mass is 16.5. The number of aromatic nitrogens is 3. The Morgan fingerprint density at radius 1 is 1.32 bits per heavy atom. The van der Waals surface area contributed by atoms with Crippen LogP contribution in [0, 0.1) is 6.92 Å². The molecule has 0 bridgehead atoms. The van der Waals surface area contributed by atoms with Crippen LogP contribution < -0.4 is 5.32 Å². The number of ether oxygens (including phenoxy) is 1. The van der Waals surface area contributed by atoms with Crippen molar-refractivity contribution >= 4 is 11.7 Å². The first kappa shape index (κ1) is 17.3. The molecule has 0 atom stereocenters. The number of fused-ring (bicyclic) bond motifs is 1. The van der Waals surface area contributed by atoms with Gasteiger partial charge in [-0.3, -0.25) is 9.78 Å². The normalized spacial score (nSPS) is 13.4. The van der Waals surface area contributed by atoms with E-state index in [4.69, 9.17) is 4.74 Å². The molecule has 0 spiro atoms. The lowest BCUT2D eigenvalue weighted by atomic mass is 9.97. The minimum atomic E-state index is 0.131. The summed E-state index contributed by atoms with van der Waals surface area (Å²) in [6.45, 7) is 4.36. The zero-order chi connectivity index (χ0) is 17.6. The second kappa shape index (κ2) is 8.02. The largest absolute Gasteiger partial charge is 0.384 e. The van der Waals surface area contributed by atoms with Gasteiger partial charge in [-0.25, -0.2) is 0 Å². The van der Waals surface area contributed by atoms with Crippen molar-refractivity contribution < 1.29 is 9.53 Å². The zero-order valence-electron chi connectivity index (χ0n) is 14.7. The molecule has 0 saturated heterocycles. The van der Waals surface area contributed by atoms with Crippen molar-refractivity contribution in [2.45, 2.75) is 32.9 Å². The summed E-state index contributed by atoms with van der Waals surface area (Å²) >= 11 is 0. The van der Waals surface area contributed by atoms with E-state index in [1.54, 1.807) is 7.11 Å². The molecule has 0 radical (unpaired) electrons. The van der Waals surface area contributed by atoms with E-state index < -0.39 is 0 Å². The third-order valence-corrected chi connectivity index (χ3v) is 4.36. The Kier molecular flexibility index (Phi) is 5.55. The maximum Gasteiger partial charge on any atom is 0.225 e.